The summed E-state index contributed by atoms with van der Waals surface area (Å²) >= 11 is 0. The second kappa shape index (κ2) is 6.08. The molecule has 1 aliphatic rings. The van der Waals surface area contributed by atoms with Gasteiger partial charge >= 0.3 is 5.97 Å². The molecule has 0 aromatic carbocycles. The maximum atomic E-state index is 10.0. The van der Waals surface area contributed by atoms with Crippen LogP contribution in [0.4, 0.5) is 0 Å². The molecule has 15 heavy (non-hydrogen) atoms. The Morgan fingerprint density at radius 3 is 1.80 bits per heavy atom. The molecule has 0 aromatic heterocycles. The Morgan fingerprint density at radius 1 is 1.20 bits per heavy atom. The molecule has 0 unspecified atom stereocenters. The summed E-state index contributed by atoms with van der Waals surface area (Å²) < 4.78 is 0. The zero-order valence-electron chi connectivity index (χ0n) is 7.47. The van der Waals surface area contributed by atoms with E-state index in [0.29, 0.717) is 6.08 Å². The second-order valence-corrected chi connectivity index (χ2v) is 2.26. The summed E-state index contributed by atoms with van der Waals surface area (Å²) in [5, 5.41) is 9.90. The van der Waals surface area contributed by atoms with Crippen molar-refractivity contribution in [1.29, 1.82) is 0 Å². The van der Waals surface area contributed by atoms with E-state index in [4.69, 9.17) is 5.11 Å². The van der Waals surface area contributed by atoms with Crippen LogP contribution in [-0.4, -0.2) is 28.8 Å². The first-order valence-electron chi connectivity index (χ1n) is 3.65. The summed E-state index contributed by atoms with van der Waals surface area (Å²) in [7, 11) is 0. The van der Waals surface area contributed by atoms with Crippen LogP contribution in [0.5, 0.6) is 0 Å². The standard InChI is InChI=1S/C4H5NO3.C4H3NO2/c5-3(6)1-2-4(7)8;6-3-1-2-4(7)5-3/h1-2H,(H2,5,6)(H,7,8);1-2H,(H,5,6,7)/b2-1-;. The lowest BCUT2D eigenvalue weighted by atomic mass is 10.5. The van der Waals surface area contributed by atoms with Gasteiger partial charge in [-0.1, -0.05) is 0 Å². The monoisotopic (exact) mass is 212 g/mol. The van der Waals surface area contributed by atoms with Crippen LogP contribution in [0, 0.1) is 0 Å². The molecule has 80 valence electrons. The lowest BCUT2D eigenvalue weighted by Gasteiger charge is -1.80. The van der Waals surface area contributed by atoms with Crippen molar-refractivity contribution in [2.75, 3.05) is 0 Å². The molecule has 0 aromatic rings. The third kappa shape index (κ3) is 7.91. The van der Waals surface area contributed by atoms with Crippen LogP contribution in [0.3, 0.4) is 0 Å². The molecule has 1 aliphatic heterocycles. The average Bonchev–Trinajstić information content (AvgIpc) is 2.47. The molecule has 7 heteroatoms. The highest BCUT2D eigenvalue weighted by Gasteiger charge is 2.06. The van der Waals surface area contributed by atoms with Gasteiger partial charge in [0.15, 0.2) is 0 Å². The number of aliphatic carboxylic acids is 1. The van der Waals surface area contributed by atoms with Crippen molar-refractivity contribution in [1.82, 2.24) is 5.32 Å². The number of nitrogens with one attached hydrogen (secondary N) is 1. The first-order chi connectivity index (χ1) is 6.91. The molecule has 0 aliphatic carbocycles. The van der Waals surface area contributed by atoms with E-state index < -0.39 is 11.9 Å². The number of hydrogen-bond acceptors (Lipinski definition) is 4. The largest absolute Gasteiger partial charge is 0.478 e. The van der Waals surface area contributed by atoms with Gasteiger partial charge in [-0.15, -0.1) is 0 Å². The molecule has 1 heterocycles. The summed E-state index contributed by atoms with van der Waals surface area (Å²) in [6.07, 6.45) is 3.86. The normalized spacial score (nSPS) is 13.3. The van der Waals surface area contributed by atoms with E-state index in [1.54, 1.807) is 0 Å². The molecule has 3 amide bonds. The maximum absolute atomic E-state index is 10.0. The molecular formula is C8H8N2O5. The van der Waals surface area contributed by atoms with Crippen molar-refractivity contribution in [3.63, 3.8) is 0 Å². The highest BCUT2D eigenvalue weighted by Crippen LogP contribution is 1.82. The van der Waals surface area contributed by atoms with Gasteiger partial charge in [0.25, 0.3) is 11.8 Å². The van der Waals surface area contributed by atoms with E-state index in [2.05, 4.69) is 5.73 Å². The Hall–Kier alpha value is -2.44. The SMILES string of the molecule is NC(=O)/C=C\C(=O)O.O=C1C=CC(=O)N1. The van der Waals surface area contributed by atoms with Crippen LogP contribution in [0.2, 0.25) is 0 Å². The van der Waals surface area contributed by atoms with E-state index in [-0.39, 0.29) is 11.8 Å². The van der Waals surface area contributed by atoms with E-state index >= 15 is 0 Å². The molecular weight excluding hydrogens is 204 g/mol. The van der Waals surface area contributed by atoms with Crippen LogP contribution < -0.4 is 11.1 Å². The summed E-state index contributed by atoms with van der Waals surface area (Å²) in [6.45, 7) is 0. The Balaban J connectivity index is 0.000000262. The quantitative estimate of drug-likeness (QED) is 0.372. The number of carbonyl (C=O) groups is 4. The Morgan fingerprint density at radius 2 is 1.67 bits per heavy atom. The van der Waals surface area contributed by atoms with Gasteiger partial charge in [0, 0.05) is 24.3 Å². The molecule has 0 atom stereocenters. The average molecular weight is 212 g/mol. The van der Waals surface area contributed by atoms with Crippen LogP contribution in [0.1, 0.15) is 0 Å². The number of primary amides is 1. The van der Waals surface area contributed by atoms with E-state index in [1.807, 2.05) is 5.32 Å². The fourth-order valence-corrected chi connectivity index (χ4v) is 0.510. The fourth-order valence-electron chi connectivity index (χ4n) is 0.510. The van der Waals surface area contributed by atoms with Crippen LogP contribution in [-0.2, 0) is 19.2 Å². The first-order valence-corrected chi connectivity index (χ1v) is 3.65. The van der Waals surface area contributed by atoms with Crippen molar-refractivity contribution in [3.8, 4) is 0 Å². The zero-order chi connectivity index (χ0) is 11.8. The molecule has 0 saturated carbocycles. The number of carboxylic acids is 1. The van der Waals surface area contributed by atoms with Crippen molar-refractivity contribution in [2.45, 2.75) is 0 Å². The van der Waals surface area contributed by atoms with E-state index in [9.17, 15) is 19.2 Å². The Labute approximate surface area is 84.2 Å². The van der Waals surface area contributed by atoms with Gasteiger partial charge in [0.05, 0.1) is 0 Å². The number of imide groups is 1. The predicted octanol–water partition coefficient (Wildman–Crippen LogP) is -1.69. The summed E-state index contributed by atoms with van der Waals surface area (Å²) in [6, 6.07) is 0. The minimum atomic E-state index is -1.18. The van der Waals surface area contributed by atoms with Gasteiger partial charge in [-0.3, -0.25) is 19.7 Å². The van der Waals surface area contributed by atoms with E-state index in [0.717, 1.165) is 6.08 Å². The molecule has 0 bridgehead atoms. The van der Waals surface area contributed by atoms with Gasteiger partial charge < -0.3 is 10.8 Å². The second-order valence-electron chi connectivity index (χ2n) is 2.26. The van der Waals surface area contributed by atoms with Gasteiger partial charge in [-0.2, -0.15) is 0 Å². The van der Waals surface area contributed by atoms with Gasteiger partial charge in [-0.05, 0) is 0 Å². The van der Waals surface area contributed by atoms with Crippen LogP contribution >= 0.6 is 0 Å². The fraction of sp³-hybridized carbons (Fsp3) is 0. The molecule has 0 fully saturated rings. The minimum absolute atomic E-state index is 0.329. The highest BCUT2D eigenvalue weighted by molar-refractivity contribution is 6.12. The van der Waals surface area contributed by atoms with Crippen LogP contribution in [0.25, 0.3) is 0 Å². The summed E-state index contributed by atoms with van der Waals surface area (Å²) in [5.74, 6) is -2.59. The topological polar surface area (TPSA) is 127 Å². The molecule has 1 rings (SSSR count). The van der Waals surface area contributed by atoms with Gasteiger partial charge in [0.1, 0.15) is 0 Å². The number of hydrogen-bond donors (Lipinski definition) is 3. The number of carbonyl (C=O) groups excluding carboxylic acids is 3. The molecule has 4 N–H and O–H groups in total. The molecule has 0 radical (unpaired) electrons. The minimum Gasteiger partial charge on any atom is -0.478 e. The zero-order valence-corrected chi connectivity index (χ0v) is 7.47. The summed E-state index contributed by atoms with van der Waals surface area (Å²) in [4.78, 5) is 39.5. The number of rotatable bonds is 2. The van der Waals surface area contributed by atoms with Crippen LogP contribution in [0.15, 0.2) is 24.3 Å². The van der Waals surface area contributed by atoms with Crippen molar-refractivity contribution < 1.29 is 24.3 Å². The van der Waals surface area contributed by atoms with Crippen molar-refractivity contribution in [2.24, 2.45) is 5.73 Å². The third-order valence-corrected chi connectivity index (χ3v) is 1.02. The van der Waals surface area contributed by atoms with Crippen molar-refractivity contribution >= 4 is 23.7 Å². The lowest BCUT2D eigenvalue weighted by Crippen LogP contribution is -2.19. The molecule has 0 spiro atoms. The van der Waals surface area contributed by atoms with Crippen molar-refractivity contribution in [3.05, 3.63) is 24.3 Å². The smallest absolute Gasteiger partial charge is 0.328 e. The first kappa shape index (κ1) is 12.6. The Kier molecular flexibility index (Phi) is 5.09. The van der Waals surface area contributed by atoms with Gasteiger partial charge in [-0.25, -0.2) is 4.79 Å². The number of amides is 3. The Bertz CT molecular complexity index is 324. The third-order valence-electron chi connectivity index (χ3n) is 1.02. The highest BCUT2D eigenvalue weighted by atomic mass is 16.4. The number of nitrogens with two attached hydrogens (primary N) is 1. The lowest BCUT2D eigenvalue weighted by molar-refractivity contribution is -0.131. The van der Waals surface area contributed by atoms with E-state index in [1.165, 1.54) is 12.2 Å². The predicted molar refractivity (Wildman–Crippen MR) is 48.3 cm³/mol. The molecule has 7 nitrogen and oxygen atoms in total. The number of carboxylic acid groups (broad SMARTS) is 1. The maximum Gasteiger partial charge on any atom is 0.328 e. The summed E-state index contributed by atoms with van der Waals surface area (Å²) in [5.41, 5.74) is 4.55. The molecule has 0 saturated heterocycles. The van der Waals surface area contributed by atoms with Gasteiger partial charge in [0.2, 0.25) is 5.91 Å².